The summed E-state index contributed by atoms with van der Waals surface area (Å²) in [5.41, 5.74) is 1.82. The molecule has 1 aliphatic rings. The van der Waals surface area contributed by atoms with Crippen LogP contribution in [-0.2, 0) is 13.6 Å². The van der Waals surface area contributed by atoms with Gasteiger partial charge in [0.2, 0.25) is 0 Å². The fourth-order valence-electron chi connectivity index (χ4n) is 2.69. The Kier molecular flexibility index (Phi) is 3.64. The minimum Gasteiger partial charge on any atom is -0.359 e. The molecule has 1 fully saturated rings. The van der Waals surface area contributed by atoms with Gasteiger partial charge in [-0.15, -0.1) is 0 Å². The molecular formula is C14H19N5O2. The number of aromatic nitrogens is 3. The fourth-order valence-corrected chi connectivity index (χ4v) is 2.69. The summed E-state index contributed by atoms with van der Waals surface area (Å²) in [6.45, 7) is 3.10. The largest absolute Gasteiger partial charge is 0.359 e. The molecule has 3 heterocycles. The van der Waals surface area contributed by atoms with Crippen LogP contribution in [0.2, 0.25) is 0 Å². The Bertz CT molecular complexity index is 633. The normalized spacial score (nSPS) is 18.2. The van der Waals surface area contributed by atoms with Crippen LogP contribution in [0.3, 0.4) is 0 Å². The summed E-state index contributed by atoms with van der Waals surface area (Å²) in [6, 6.07) is 1.81. The number of urea groups is 1. The molecular weight excluding hydrogens is 270 g/mol. The Morgan fingerprint density at radius 1 is 1.57 bits per heavy atom. The van der Waals surface area contributed by atoms with Crippen molar-refractivity contribution in [2.75, 3.05) is 6.54 Å². The number of hydrogen-bond donors (Lipinski definition) is 1. The van der Waals surface area contributed by atoms with Gasteiger partial charge in [0.1, 0.15) is 0 Å². The predicted octanol–water partition coefficient (Wildman–Crippen LogP) is 1.76. The van der Waals surface area contributed by atoms with Crippen LogP contribution in [-0.4, -0.2) is 32.4 Å². The number of aryl methyl sites for hydroxylation is 2. The van der Waals surface area contributed by atoms with Crippen molar-refractivity contribution in [1.82, 2.24) is 25.2 Å². The molecule has 1 atom stereocenters. The molecule has 0 bridgehead atoms. The number of nitrogens with one attached hydrogen (secondary N) is 1. The lowest BCUT2D eigenvalue weighted by molar-refractivity contribution is 0.182. The van der Waals surface area contributed by atoms with E-state index >= 15 is 0 Å². The van der Waals surface area contributed by atoms with Gasteiger partial charge in [-0.3, -0.25) is 4.68 Å². The van der Waals surface area contributed by atoms with Crippen molar-refractivity contribution in [1.29, 1.82) is 0 Å². The van der Waals surface area contributed by atoms with E-state index in [1.165, 1.54) is 0 Å². The summed E-state index contributed by atoms with van der Waals surface area (Å²) in [4.78, 5) is 14.2. The van der Waals surface area contributed by atoms with E-state index in [0.717, 1.165) is 36.4 Å². The van der Waals surface area contributed by atoms with Crippen LogP contribution in [0.5, 0.6) is 0 Å². The molecule has 1 N–H and O–H groups in total. The molecule has 112 valence electrons. The van der Waals surface area contributed by atoms with Crippen molar-refractivity contribution in [3.8, 4) is 0 Å². The molecule has 0 aromatic carbocycles. The summed E-state index contributed by atoms with van der Waals surface area (Å²) in [6.07, 6.45) is 5.53. The second kappa shape index (κ2) is 5.59. The van der Waals surface area contributed by atoms with E-state index in [4.69, 9.17) is 4.52 Å². The van der Waals surface area contributed by atoms with E-state index in [1.54, 1.807) is 10.9 Å². The van der Waals surface area contributed by atoms with E-state index in [-0.39, 0.29) is 12.1 Å². The van der Waals surface area contributed by atoms with Gasteiger partial charge in [0.25, 0.3) is 0 Å². The number of nitrogens with zero attached hydrogens (tertiary/aromatic N) is 4. The highest BCUT2D eigenvalue weighted by Crippen LogP contribution is 2.32. The maximum atomic E-state index is 12.3. The highest BCUT2D eigenvalue weighted by molar-refractivity contribution is 5.75. The highest BCUT2D eigenvalue weighted by Gasteiger charge is 2.32. The van der Waals surface area contributed by atoms with Crippen LogP contribution < -0.4 is 5.32 Å². The van der Waals surface area contributed by atoms with Crippen molar-refractivity contribution < 1.29 is 9.32 Å². The van der Waals surface area contributed by atoms with Crippen molar-refractivity contribution in [2.24, 2.45) is 7.05 Å². The summed E-state index contributed by atoms with van der Waals surface area (Å²) in [7, 11) is 1.86. The Balaban J connectivity index is 1.63. The molecule has 0 saturated carbocycles. The number of amides is 2. The first-order valence-corrected chi connectivity index (χ1v) is 7.08. The Morgan fingerprint density at radius 2 is 2.43 bits per heavy atom. The topological polar surface area (TPSA) is 76.2 Å². The van der Waals surface area contributed by atoms with Gasteiger partial charge in [-0.25, -0.2) is 4.79 Å². The van der Waals surface area contributed by atoms with Gasteiger partial charge >= 0.3 is 6.03 Å². The van der Waals surface area contributed by atoms with Gasteiger partial charge in [-0.1, -0.05) is 5.16 Å². The molecule has 0 unspecified atom stereocenters. The smallest absolute Gasteiger partial charge is 0.318 e. The number of hydrogen-bond acceptors (Lipinski definition) is 4. The Morgan fingerprint density at radius 3 is 3.10 bits per heavy atom. The molecule has 3 rings (SSSR count). The van der Waals surface area contributed by atoms with Crippen LogP contribution >= 0.6 is 0 Å². The average Bonchev–Trinajstić information content (AvgIpc) is 3.16. The zero-order valence-electron chi connectivity index (χ0n) is 12.2. The molecule has 0 spiro atoms. The molecule has 1 aliphatic heterocycles. The minimum absolute atomic E-state index is 0.0138. The van der Waals surface area contributed by atoms with Crippen molar-refractivity contribution in [2.45, 2.75) is 32.4 Å². The third-order valence-corrected chi connectivity index (χ3v) is 3.69. The van der Waals surface area contributed by atoms with Gasteiger partial charge in [0, 0.05) is 38.0 Å². The van der Waals surface area contributed by atoms with Gasteiger partial charge in [-0.2, -0.15) is 5.10 Å². The maximum absolute atomic E-state index is 12.3. The number of likely N-dealkylation sites (tertiary alicyclic amines) is 1. The first kappa shape index (κ1) is 13.7. The van der Waals surface area contributed by atoms with E-state index in [9.17, 15) is 4.79 Å². The second-order valence-corrected chi connectivity index (χ2v) is 5.40. The number of rotatable bonds is 3. The zero-order chi connectivity index (χ0) is 14.8. The van der Waals surface area contributed by atoms with Crippen LogP contribution in [0.25, 0.3) is 0 Å². The monoisotopic (exact) mass is 289 g/mol. The average molecular weight is 289 g/mol. The molecule has 2 aromatic rings. The standard InChI is InChI=1S/C14H19N5O2/c1-10-6-13(21-17-10)12-4-3-5-19(12)14(20)15-7-11-8-16-18(2)9-11/h6,8-9,12H,3-5,7H2,1-2H3,(H,15,20)/t12-/m1/s1. The number of carbonyl (C=O) groups is 1. The van der Waals surface area contributed by atoms with Crippen molar-refractivity contribution in [3.63, 3.8) is 0 Å². The Labute approximate surface area is 122 Å². The summed E-state index contributed by atoms with van der Waals surface area (Å²) >= 11 is 0. The molecule has 2 aromatic heterocycles. The van der Waals surface area contributed by atoms with E-state index < -0.39 is 0 Å². The van der Waals surface area contributed by atoms with E-state index in [1.807, 2.05) is 31.1 Å². The maximum Gasteiger partial charge on any atom is 0.318 e. The van der Waals surface area contributed by atoms with E-state index in [0.29, 0.717) is 6.54 Å². The van der Waals surface area contributed by atoms with Crippen LogP contribution in [0.15, 0.2) is 23.0 Å². The third-order valence-electron chi connectivity index (χ3n) is 3.69. The lowest BCUT2D eigenvalue weighted by atomic mass is 10.1. The van der Waals surface area contributed by atoms with Gasteiger partial charge < -0.3 is 14.7 Å². The zero-order valence-corrected chi connectivity index (χ0v) is 12.2. The fraction of sp³-hybridized carbons (Fsp3) is 0.500. The molecule has 1 saturated heterocycles. The minimum atomic E-state index is -0.0737. The third kappa shape index (κ3) is 2.91. The molecule has 0 aliphatic carbocycles. The van der Waals surface area contributed by atoms with Gasteiger partial charge in [0.15, 0.2) is 5.76 Å². The Hall–Kier alpha value is -2.31. The van der Waals surface area contributed by atoms with Crippen LogP contribution in [0, 0.1) is 6.92 Å². The van der Waals surface area contributed by atoms with Crippen molar-refractivity contribution >= 4 is 6.03 Å². The highest BCUT2D eigenvalue weighted by atomic mass is 16.5. The summed E-state index contributed by atoms with van der Waals surface area (Å²) in [5.74, 6) is 0.765. The molecule has 7 nitrogen and oxygen atoms in total. The predicted molar refractivity (Wildman–Crippen MR) is 75.4 cm³/mol. The second-order valence-electron chi connectivity index (χ2n) is 5.40. The van der Waals surface area contributed by atoms with Crippen LogP contribution in [0.1, 0.15) is 35.9 Å². The first-order valence-electron chi connectivity index (χ1n) is 7.08. The quantitative estimate of drug-likeness (QED) is 0.934. The van der Waals surface area contributed by atoms with Gasteiger partial charge in [0.05, 0.1) is 17.9 Å². The molecule has 21 heavy (non-hydrogen) atoms. The van der Waals surface area contributed by atoms with Gasteiger partial charge in [-0.05, 0) is 19.8 Å². The summed E-state index contributed by atoms with van der Waals surface area (Å²) < 4.78 is 7.03. The molecule has 7 heteroatoms. The lowest BCUT2D eigenvalue weighted by Gasteiger charge is -2.22. The SMILES string of the molecule is Cc1cc([C@H]2CCCN2C(=O)NCc2cnn(C)c2)on1. The van der Waals surface area contributed by atoms with Crippen molar-refractivity contribution in [3.05, 3.63) is 35.5 Å². The number of carbonyl (C=O) groups excluding carboxylic acids is 1. The summed E-state index contributed by atoms with van der Waals surface area (Å²) in [5, 5.41) is 10.9. The first-order chi connectivity index (χ1) is 10.1. The molecule has 2 amide bonds. The van der Waals surface area contributed by atoms with Crippen LogP contribution in [0.4, 0.5) is 4.79 Å². The molecule has 0 radical (unpaired) electrons. The van der Waals surface area contributed by atoms with E-state index in [2.05, 4.69) is 15.6 Å². The lowest BCUT2D eigenvalue weighted by Crippen LogP contribution is -2.39.